The lowest BCUT2D eigenvalue weighted by Crippen LogP contribution is -2.24. The highest BCUT2D eigenvalue weighted by molar-refractivity contribution is 5.82. The van der Waals surface area contributed by atoms with E-state index in [9.17, 15) is 4.79 Å². The molecular weight excluding hydrogens is 272 g/mol. The van der Waals surface area contributed by atoms with Gasteiger partial charge in [0.25, 0.3) is 0 Å². The Labute approximate surface area is 120 Å². The summed E-state index contributed by atoms with van der Waals surface area (Å²) in [6.45, 7) is 0.860. The number of fused-ring (bicyclic) bond motifs is 1. The highest BCUT2D eigenvalue weighted by atomic mass is 16.3. The number of rotatable bonds is 6. The van der Waals surface area contributed by atoms with E-state index in [0.717, 1.165) is 11.3 Å². The van der Waals surface area contributed by atoms with E-state index in [1.165, 1.54) is 6.33 Å². The molecule has 0 saturated carbocycles. The average Bonchev–Trinajstić information content (AvgIpc) is 3.16. The van der Waals surface area contributed by atoms with Gasteiger partial charge in [-0.15, -0.1) is 0 Å². The fourth-order valence-electron chi connectivity index (χ4n) is 1.88. The largest absolute Gasteiger partial charge is 0.467 e. The van der Waals surface area contributed by atoms with Crippen molar-refractivity contribution in [3.63, 3.8) is 0 Å². The monoisotopic (exact) mass is 286 g/mol. The van der Waals surface area contributed by atoms with Crippen LogP contribution >= 0.6 is 0 Å². The van der Waals surface area contributed by atoms with Crippen LogP contribution in [0.3, 0.4) is 0 Å². The van der Waals surface area contributed by atoms with Gasteiger partial charge < -0.3 is 20.0 Å². The summed E-state index contributed by atoms with van der Waals surface area (Å²) >= 11 is 0. The predicted molar refractivity (Wildman–Crippen MR) is 75.3 cm³/mol. The van der Waals surface area contributed by atoms with E-state index >= 15 is 0 Å². The summed E-state index contributed by atoms with van der Waals surface area (Å²) in [7, 11) is 0. The highest BCUT2D eigenvalue weighted by Crippen LogP contribution is 2.13. The van der Waals surface area contributed by atoms with Crippen LogP contribution in [0.5, 0.6) is 0 Å². The first-order chi connectivity index (χ1) is 10.3. The summed E-state index contributed by atoms with van der Waals surface area (Å²) in [5.41, 5.74) is 1.32. The Morgan fingerprint density at radius 2 is 2.29 bits per heavy atom. The summed E-state index contributed by atoms with van der Waals surface area (Å²) < 4.78 is 5.14. The second-order valence-corrected chi connectivity index (χ2v) is 4.36. The number of hydrogen-bond acceptors (Lipinski definition) is 6. The van der Waals surface area contributed by atoms with Gasteiger partial charge in [-0.3, -0.25) is 4.79 Å². The number of aromatic amines is 1. The van der Waals surface area contributed by atoms with Crippen LogP contribution in [0.1, 0.15) is 12.2 Å². The molecule has 0 bridgehead atoms. The number of furan rings is 1. The molecule has 0 aliphatic carbocycles. The van der Waals surface area contributed by atoms with E-state index in [4.69, 9.17) is 4.42 Å². The number of nitrogens with zero attached hydrogens (tertiary/aromatic N) is 3. The number of aromatic nitrogens is 4. The average molecular weight is 286 g/mol. The molecule has 0 saturated heterocycles. The Morgan fingerprint density at radius 3 is 3.14 bits per heavy atom. The van der Waals surface area contributed by atoms with E-state index < -0.39 is 0 Å². The van der Waals surface area contributed by atoms with Crippen molar-refractivity contribution in [2.24, 2.45) is 0 Å². The molecule has 3 aromatic rings. The molecule has 108 valence electrons. The van der Waals surface area contributed by atoms with Gasteiger partial charge in [-0.2, -0.15) is 0 Å². The fraction of sp³-hybridized carbons (Fsp3) is 0.231. The van der Waals surface area contributed by atoms with Crippen LogP contribution in [0.2, 0.25) is 0 Å². The number of carbonyl (C=O) groups is 1. The molecule has 0 radical (unpaired) electrons. The lowest BCUT2D eigenvalue weighted by atomic mass is 10.3. The Kier molecular flexibility index (Phi) is 3.77. The minimum Gasteiger partial charge on any atom is -0.467 e. The second-order valence-electron chi connectivity index (χ2n) is 4.36. The van der Waals surface area contributed by atoms with Crippen molar-refractivity contribution in [2.45, 2.75) is 13.0 Å². The molecule has 0 unspecified atom stereocenters. The Bertz CT molecular complexity index is 721. The molecule has 0 aliphatic rings. The van der Waals surface area contributed by atoms with Gasteiger partial charge in [-0.05, 0) is 12.1 Å². The van der Waals surface area contributed by atoms with E-state index in [2.05, 4.69) is 30.6 Å². The van der Waals surface area contributed by atoms with Crippen molar-refractivity contribution in [3.8, 4) is 0 Å². The summed E-state index contributed by atoms with van der Waals surface area (Å²) in [5, 5.41) is 5.87. The molecular formula is C13H14N6O2. The zero-order chi connectivity index (χ0) is 14.5. The summed E-state index contributed by atoms with van der Waals surface area (Å²) in [6.07, 6.45) is 4.90. The van der Waals surface area contributed by atoms with Gasteiger partial charge in [0.05, 0.1) is 19.1 Å². The topological polar surface area (TPSA) is 109 Å². The SMILES string of the molecule is O=C(CCNc1ncnc2nc[nH]c12)NCc1ccco1. The van der Waals surface area contributed by atoms with Crippen molar-refractivity contribution in [1.82, 2.24) is 25.3 Å². The number of carbonyl (C=O) groups excluding carboxylic acids is 1. The van der Waals surface area contributed by atoms with E-state index in [1.54, 1.807) is 18.7 Å². The third-order valence-electron chi connectivity index (χ3n) is 2.91. The third-order valence-corrected chi connectivity index (χ3v) is 2.91. The summed E-state index contributed by atoms with van der Waals surface area (Å²) in [5.74, 6) is 1.30. The Balaban J connectivity index is 1.47. The Morgan fingerprint density at radius 1 is 1.33 bits per heavy atom. The van der Waals surface area contributed by atoms with Crippen LogP contribution in [-0.2, 0) is 11.3 Å². The lowest BCUT2D eigenvalue weighted by molar-refractivity contribution is -0.121. The zero-order valence-corrected chi connectivity index (χ0v) is 11.2. The number of hydrogen-bond donors (Lipinski definition) is 3. The van der Waals surface area contributed by atoms with Gasteiger partial charge in [0.1, 0.15) is 17.6 Å². The molecule has 3 heterocycles. The number of anilines is 1. The molecule has 1 amide bonds. The van der Waals surface area contributed by atoms with Gasteiger partial charge in [0.2, 0.25) is 5.91 Å². The molecule has 21 heavy (non-hydrogen) atoms. The summed E-state index contributed by atoms with van der Waals surface area (Å²) in [6, 6.07) is 3.60. The van der Waals surface area contributed by atoms with E-state index in [-0.39, 0.29) is 5.91 Å². The molecule has 0 aliphatic heterocycles. The second kappa shape index (κ2) is 6.04. The molecule has 0 atom stereocenters. The van der Waals surface area contributed by atoms with Crippen LogP contribution < -0.4 is 10.6 Å². The van der Waals surface area contributed by atoms with Gasteiger partial charge in [0.15, 0.2) is 11.5 Å². The maximum Gasteiger partial charge on any atom is 0.222 e. The minimum atomic E-state index is -0.0613. The quantitative estimate of drug-likeness (QED) is 0.625. The number of H-pyrrole nitrogens is 1. The predicted octanol–water partition coefficient (Wildman–Crippen LogP) is 1.06. The van der Waals surface area contributed by atoms with Crippen LogP contribution in [0.4, 0.5) is 5.82 Å². The van der Waals surface area contributed by atoms with E-state index in [1.807, 2.05) is 6.07 Å². The molecule has 0 aromatic carbocycles. The number of nitrogens with one attached hydrogen (secondary N) is 3. The van der Waals surface area contributed by atoms with Crippen molar-refractivity contribution >= 4 is 22.9 Å². The van der Waals surface area contributed by atoms with Crippen molar-refractivity contribution in [1.29, 1.82) is 0 Å². The van der Waals surface area contributed by atoms with Gasteiger partial charge >= 0.3 is 0 Å². The van der Waals surface area contributed by atoms with Crippen LogP contribution in [-0.4, -0.2) is 32.4 Å². The molecule has 3 rings (SSSR count). The lowest BCUT2D eigenvalue weighted by Gasteiger charge is -2.06. The first-order valence-electron chi connectivity index (χ1n) is 6.50. The van der Waals surface area contributed by atoms with Gasteiger partial charge in [-0.25, -0.2) is 15.0 Å². The van der Waals surface area contributed by atoms with E-state index in [0.29, 0.717) is 31.0 Å². The van der Waals surface area contributed by atoms with Crippen molar-refractivity contribution in [3.05, 3.63) is 36.8 Å². The molecule has 8 nitrogen and oxygen atoms in total. The third kappa shape index (κ3) is 3.16. The standard InChI is InChI=1S/C13H14N6O2/c20-10(15-6-9-2-1-5-21-9)3-4-14-12-11-13(17-7-16-11)19-8-18-12/h1-2,5,7-8H,3-4,6H2,(H,15,20)(H2,14,16,17,18,19). The van der Waals surface area contributed by atoms with Gasteiger partial charge in [0, 0.05) is 13.0 Å². The van der Waals surface area contributed by atoms with Crippen molar-refractivity contribution < 1.29 is 9.21 Å². The zero-order valence-electron chi connectivity index (χ0n) is 11.2. The molecule has 0 fully saturated rings. The molecule has 0 spiro atoms. The van der Waals surface area contributed by atoms with Crippen molar-refractivity contribution in [2.75, 3.05) is 11.9 Å². The highest BCUT2D eigenvalue weighted by Gasteiger charge is 2.06. The first kappa shape index (κ1) is 13.1. The molecule has 8 heteroatoms. The van der Waals surface area contributed by atoms with Crippen LogP contribution in [0, 0.1) is 0 Å². The van der Waals surface area contributed by atoms with Gasteiger partial charge in [-0.1, -0.05) is 0 Å². The number of amides is 1. The smallest absolute Gasteiger partial charge is 0.222 e. The maximum atomic E-state index is 11.7. The number of imidazole rings is 1. The molecule has 3 aromatic heterocycles. The Hall–Kier alpha value is -2.90. The summed E-state index contributed by atoms with van der Waals surface area (Å²) in [4.78, 5) is 26.8. The first-order valence-corrected chi connectivity index (χ1v) is 6.50. The minimum absolute atomic E-state index is 0.0613. The normalized spacial score (nSPS) is 10.7. The maximum absolute atomic E-state index is 11.7. The van der Waals surface area contributed by atoms with Crippen LogP contribution in [0.25, 0.3) is 11.2 Å². The fourth-order valence-corrected chi connectivity index (χ4v) is 1.88. The molecule has 3 N–H and O–H groups in total. The van der Waals surface area contributed by atoms with Crippen LogP contribution in [0.15, 0.2) is 35.5 Å².